The van der Waals surface area contributed by atoms with Gasteiger partial charge in [-0.25, -0.2) is 14.4 Å². The zero-order valence-electron chi connectivity index (χ0n) is 48.1. The van der Waals surface area contributed by atoms with E-state index < -0.39 is 0 Å². The third kappa shape index (κ3) is 16.5. The van der Waals surface area contributed by atoms with Gasteiger partial charge in [-0.3, -0.25) is 0 Å². The van der Waals surface area contributed by atoms with Gasteiger partial charge in [-0.2, -0.15) is 0 Å². The van der Waals surface area contributed by atoms with Gasteiger partial charge in [-0.05, 0) is 195 Å². The lowest BCUT2D eigenvalue weighted by molar-refractivity contribution is 0.194. The van der Waals surface area contributed by atoms with E-state index in [1.54, 1.807) is 21.3 Å². The summed E-state index contributed by atoms with van der Waals surface area (Å²) in [5.74, 6) is 0. The summed E-state index contributed by atoms with van der Waals surface area (Å²) in [5, 5.41) is 17.6. The van der Waals surface area contributed by atoms with Crippen LogP contribution in [0.5, 0.6) is 0 Å². The number of anilines is 15. The van der Waals surface area contributed by atoms with Crippen LogP contribution in [0.15, 0.2) is 237 Å². The normalized spacial score (nSPS) is 10.8. The monoisotopic (exact) mass is 1140 g/mol. The van der Waals surface area contributed by atoms with Gasteiger partial charge in [0.15, 0.2) is 0 Å². The van der Waals surface area contributed by atoms with Gasteiger partial charge in [0, 0.05) is 146 Å². The molecule has 0 heterocycles. The van der Waals surface area contributed by atoms with E-state index >= 15 is 0 Å². The largest absolute Gasteiger partial charge is 0.385 e. The highest BCUT2D eigenvalue weighted by Gasteiger charge is 2.21. The van der Waals surface area contributed by atoms with Crippen LogP contribution >= 0.6 is 0 Å². The lowest BCUT2D eigenvalue weighted by atomic mass is 10.1. The summed E-state index contributed by atoms with van der Waals surface area (Å²) in [5.41, 5.74) is 13.1. The molecule has 0 aliphatic carbocycles. The fraction of sp³-hybridized carbons (Fsp3) is 0.174. The maximum Gasteiger partial charge on any atom is 0.319 e. The first kappa shape index (κ1) is 59.5. The van der Waals surface area contributed by atoms with Crippen molar-refractivity contribution in [2.45, 2.75) is 19.3 Å². The smallest absolute Gasteiger partial charge is 0.319 e. The van der Waals surface area contributed by atoms with Gasteiger partial charge >= 0.3 is 18.1 Å². The lowest BCUT2D eigenvalue weighted by Gasteiger charge is -2.30. The van der Waals surface area contributed by atoms with Gasteiger partial charge in [0.2, 0.25) is 0 Å². The number of amides is 6. The molecule has 0 fully saturated rings. The second-order valence-electron chi connectivity index (χ2n) is 19.7. The lowest BCUT2D eigenvalue weighted by Crippen LogP contribution is -2.30. The summed E-state index contributed by atoms with van der Waals surface area (Å²) in [6, 6.07) is 78.6. The highest BCUT2D eigenvalue weighted by molar-refractivity contribution is 5.93. The molecule has 434 valence electrons. The summed E-state index contributed by atoms with van der Waals surface area (Å²) < 4.78 is 15.4. The van der Waals surface area contributed by atoms with Crippen LogP contribution in [0, 0.1) is 0 Å². The van der Waals surface area contributed by atoms with E-state index in [2.05, 4.69) is 161 Å². The van der Waals surface area contributed by atoms with E-state index in [0.717, 1.165) is 81.1 Å². The topological polar surface area (TPSA) is 164 Å². The number of urea groups is 3. The molecule has 0 saturated carbocycles. The van der Waals surface area contributed by atoms with Crippen molar-refractivity contribution in [3.63, 3.8) is 0 Å². The zero-order valence-corrected chi connectivity index (χ0v) is 48.1. The van der Waals surface area contributed by atoms with Crippen LogP contribution in [0.3, 0.4) is 0 Å². The maximum absolute atomic E-state index is 12.9. The number of para-hydroxylation sites is 3. The third-order valence-electron chi connectivity index (χ3n) is 13.7. The van der Waals surface area contributed by atoms with Crippen molar-refractivity contribution in [1.82, 2.24) is 16.0 Å². The van der Waals surface area contributed by atoms with Gasteiger partial charge in [-0.1, -0.05) is 60.7 Å². The molecule has 9 aromatic rings. The van der Waals surface area contributed by atoms with E-state index in [4.69, 9.17) is 14.2 Å². The zero-order chi connectivity index (χ0) is 59.0. The highest BCUT2D eigenvalue weighted by atomic mass is 16.5. The van der Waals surface area contributed by atoms with Crippen LogP contribution in [0.2, 0.25) is 0 Å². The minimum Gasteiger partial charge on any atom is -0.385 e. The third-order valence-corrected chi connectivity index (χ3v) is 13.7. The van der Waals surface area contributed by atoms with Gasteiger partial charge in [0.1, 0.15) is 0 Å². The van der Waals surface area contributed by atoms with E-state index in [-0.39, 0.29) is 18.1 Å². The van der Waals surface area contributed by atoms with Crippen molar-refractivity contribution in [2.75, 3.05) is 96.3 Å². The van der Waals surface area contributed by atoms with Crippen molar-refractivity contribution in [3.05, 3.63) is 237 Å². The first-order chi connectivity index (χ1) is 41.8. The molecule has 0 saturated heterocycles. The molecular weight excluding hydrogens is 1060 g/mol. The Bertz CT molecular complexity index is 3330. The summed E-state index contributed by atoms with van der Waals surface area (Å²) in [6.45, 7) is 3.20. The molecule has 0 atom stereocenters. The first-order valence-electron chi connectivity index (χ1n) is 28.4. The number of hydrogen-bond donors (Lipinski definition) is 6. The number of carbonyl (C=O) groups excluding carboxylic acids is 3. The molecule has 6 amide bonds. The fourth-order valence-electron chi connectivity index (χ4n) is 9.66. The molecule has 6 N–H and O–H groups in total. The van der Waals surface area contributed by atoms with Crippen molar-refractivity contribution in [2.24, 2.45) is 0 Å². The molecule has 0 aliphatic heterocycles. The van der Waals surface area contributed by atoms with Crippen molar-refractivity contribution < 1.29 is 28.6 Å². The summed E-state index contributed by atoms with van der Waals surface area (Å²) in [7, 11) is 4.93. The van der Waals surface area contributed by atoms with Gasteiger partial charge in [0.25, 0.3) is 0 Å². The number of ether oxygens (including phenoxy) is 3. The Labute approximate surface area is 498 Å². The Hall–Kier alpha value is -10.1. The van der Waals surface area contributed by atoms with Crippen molar-refractivity contribution in [1.29, 1.82) is 0 Å². The van der Waals surface area contributed by atoms with Gasteiger partial charge in [0.05, 0.1) is 0 Å². The summed E-state index contributed by atoms with van der Waals surface area (Å²) >= 11 is 0. The summed E-state index contributed by atoms with van der Waals surface area (Å²) in [6.07, 6.45) is 2.14. The quantitative estimate of drug-likeness (QED) is 0.0273. The van der Waals surface area contributed by atoms with Gasteiger partial charge in [-0.15, -0.1) is 0 Å². The molecule has 9 aromatic carbocycles. The van der Waals surface area contributed by atoms with Crippen LogP contribution in [0.4, 0.5) is 99.7 Å². The number of rotatable bonds is 27. The number of hydrogen-bond acceptors (Lipinski definition) is 10. The molecule has 9 rings (SSSR count). The van der Waals surface area contributed by atoms with Crippen LogP contribution in [-0.2, 0) is 14.2 Å². The Morgan fingerprint density at radius 2 is 0.518 bits per heavy atom. The molecule has 0 bridgehead atoms. The molecule has 0 unspecified atom stereocenters. The highest BCUT2D eigenvalue weighted by Crippen LogP contribution is 2.43. The standard InChI is InChI=1S/C69H72N10O6/c1-83-48-14-45-70-67(80)73-52-25-29-58(30-26-52)76(55-18-7-4-8-19-55)60-33-37-62(38-34-60)78(63-39-35-61(36-40-63)77(56-20-9-5-10-21-56)59-31-27-53(28-32-59)74-68(81)71-46-15-49-84-2)64-41-43-65(44-42-64)79(57-22-11-6-12-23-57)66-24-13-17-54(51-66)75-69(82)72-47-16-50-85-3/h4-13,17-44,51H,14-16,45-50H2,1-3H3,(H2,70,73,80)(H2,71,74,81)(H2,72,75,82). The van der Waals surface area contributed by atoms with E-state index in [1.807, 2.05) is 127 Å². The number of methoxy groups -OCH3 is 3. The molecule has 0 radical (unpaired) electrons. The summed E-state index contributed by atoms with van der Waals surface area (Å²) in [4.78, 5) is 47.1. The van der Waals surface area contributed by atoms with E-state index in [1.165, 1.54) is 0 Å². The minimum atomic E-state index is -0.288. The molecule has 0 aromatic heterocycles. The van der Waals surface area contributed by atoms with Crippen LogP contribution in [-0.4, -0.2) is 78.9 Å². The van der Waals surface area contributed by atoms with Gasteiger partial charge < -0.3 is 65.7 Å². The number of benzene rings is 9. The fourth-order valence-corrected chi connectivity index (χ4v) is 9.66. The average Bonchev–Trinajstić information content (AvgIpc) is 3.73. The maximum atomic E-state index is 12.9. The predicted octanol–water partition coefficient (Wildman–Crippen LogP) is 16.0. The minimum absolute atomic E-state index is 0.276. The van der Waals surface area contributed by atoms with Crippen molar-refractivity contribution >= 4 is 103 Å². The number of nitrogens with zero attached hydrogens (tertiary/aromatic N) is 4. The molecule has 85 heavy (non-hydrogen) atoms. The Balaban J connectivity index is 1.06. The second kappa shape index (κ2) is 30.8. The molecule has 16 nitrogen and oxygen atoms in total. The first-order valence-corrected chi connectivity index (χ1v) is 28.4. The SMILES string of the molecule is COCCCNC(=O)Nc1ccc(N(c2ccccc2)c2ccc(N(c3ccc(N(c4ccccc4)c4ccc(NC(=O)NCCCOC)cc4)cc3)c3ccc(N(c4ccccc4)c4cccc(NC(=O)NCCCOC)c4)cc3)cc2)cc1. The molecule has 0 aliphatic rings. The van der Waals surface area contributed by atoms with Crippen LogP contribution in [0.25, 0.3) is 0 Å². The average molecular weight is 1140 g/mol. The molecule has 0 spiro atoms. The Morgan fingerprint density at radius 3 is 0.800 bits per heavy atom. The predicted molar refractivity (Wildman–Crippen MR) is 346 cm³/mol. The second-order valence-corrected chi connectivity index (χ2v) is 19.7. The number of nitrogens with one attached hydrogen (secondary N) is 6. The Kier molecular flexibility index (Phi) is 21.5. The van der Waals surface area contributed by atoms with E-state index in [0.29, 0.717) is 62.9 Å². The number of carbonyl (C=O) groups is 3. The molecule has 16 heteroatoms. The van der Waals surface area contributed by atoms with Crippen LogP contribution < -0.4 is 51.5 Å². The van der Waals surface area contributed by atoms with Crippen LogP contribution in [0.1, 0.15) is 19.3 Å². The van der Waals surface area contributed by atoms with E-state index in [9.17, 15) is 14.4 Å². The Morgan fingerprint density at radius 1 is 0.282 bits per heavy atom. The molecular formula is C69H72N10O6. The van der Waals surface area contributed by atoms with Crippen molar-refractivity contribution in [3.8, 4) is 0 Å².